The van der Waals surface area contributed by atoms with Crippen molar-refractivity contribution in [1.29, 1.82) is 0 Å². The molecule has 0 N–H and O–H groups in total. The normalized spacial score (nSPS) is 17.4. The van der Waals surface area contributed by atoms with Gasteiger partial charge >= 0.3 is 0 Å². The monoisotopic (exact) mass is 427 g/mol. The fourth-order valence-corrected chi connectivity index (χ4v) is 5.20. The lowest BCUT2D eigenvalue weighted by molar-refractivity contribution is 0.0961. The van der Waals surface area contributed by atoms with E-state index >= 15 is 0 Å². The Morgan fingerprint density at radius 1 is 1.19 bits per heavy atom. The highest BCUT2D eigenvalue weighted by Gasteiger charge is 2.31. The van der Waals surface area contributed by atoms with E-state index in [1.54, 1.807) is 18.0 Å². The number of allylic oxidation sites excluding steroid dienone is 2. The summed E-state index contributed by atoms with van der Waals surface area (Å²) in [5.41, 5.74) is 8.02. The first kappa shape index (κ1) is 20.7. The number of nitrogens with zero attached hydrogens (tertiary/aromatic N) is 1. The Morgan fingerprint density at radius 2 is 2.09 bits per heavy atom. The van der Waals surface area contributed by atoms with Crippen molar-refractivity contribution in [2.75, 3.05) is 6.61 Å². The van der Waals surface area contributed by atoms with Crippen LogP contribution in [-0.2, 0) is 6.42 Å². The smallest absolute Gasteiger partial charge is 0.225 e. The third-order valence-corrected chi connectivity index (χ3v) is 6.86. The molecule has 164 valence electrons. The molecular formula is C28H29NO3. The molecule has 2 heterocycles. The second-order valence-electron chi connectivity index (χ2n) is 8.73. The molecule has 32 heavy (non-hydrogen) atoms. The lowest BCUT2D eigenvalue weighted by Crippen LogP contribution is -2.02. The summed E-state index contributed by atoms with van der Waals surface area (Å²) in [6.07, 6.45) is 12.2. The van der Waals surface area contributed by atoms with Crippen molar-refractivity contribution in [2.24, 2.45) is 0 Å². The van der Waals surface area contributed by atoms with E-state index in [4.69, 9.17) is 9.15 Å². The Morgan fingerprint density at radius 3 is 2.88 bits per heavy atom. The second kappa shape index (κ2) is 8.78. The van der Waals surface area contributed by atoms with Crippen molar-refractivity contribution < 1.29 is 13.9 Å². The summed E-state index contributed by atoms with van der Waals surface area (Å²) in [4.78, 5) is 16.7. The number of oxazole rings is 1. The predicted octanol–water partition coefficient (Wildman–Crippen LogP) is 7.14. The summed E-state index contributed by atoms with van der Waals surface area (Å²) in [6.45, 7) is 4.59. The van der Waals surface area contributed by atoms with Gasteiger partial charge in [-0.3, -0.25) is 4.79 Å². The third kappa shape index (κ3) is 3.68. The van der Waals surface area contributed by atoms with E-state index in [0.29, 0.717) is 17.4 Å². The largest absolute Gasteiger partial charge is 0.484 e. The summed E-state index contributed by atoms with van der Waals surface area (Å²) in [5, 5.41) is 0. The molecule has 2 aromatic carbocycles. The molecule has 0 saturated carbocycles. The van der Waals surface area contributed by atoms with Crippen molar-refractivity contribution in [3.63, 3.8) is 0 Å². The molecule has 1 aliphatic carbocycles. The van der Waals surface area contributed by atoms with Crippen molar-refractivity contribution in [1.82, 2.24) is 4.98 Å². The number of aryl methyl sites for hydroxylation is 1. The van der Waals surface area contributed by atoms with Gasteiger partial charge in [0, 0.05) is 11.1 Å². The average Bonchev–Trinajstić information content (AvgIpc) is 3.45. The number of ketones is 1. The quantitative estimate of drug-likeness (QED) is 0.392. The van der Waals surface area contributed by atoms with Crippen LogP contribution in [0.2, 0.25) is 0 Å². The number of fused-ring (bicyclic) bond motifs is 5. The molecule has 0 amide bonds. The number of aromatic nitrogens is 1. The van der Waals surface area contributed by atoms with E-state index < -0.39 is 0 Å². The predicted molar refractivity (Wildman–Crippen MR) is 126 cm³/mol. The van der Waals surface area contributed by atoms with Crippen LogP contribution >= 0.6 is 0 Å². The van der Waals surface area contributed by atoms with E-state index in [2.05, 4.69) is 49.2 Å². The molecule has 0 fully saturated rings. The van der Waals surface area contributed by atoms with Gasteiger partial charge in [0.05, 0.1) is 11.8 Å². The maximum absolute atomic E-state index is 12.4. The van der Waals surface area contributed by atoms with Gasteiger partial charge in [0.25, 0.3) is 0 Å². The number of ether oxygens (including phenoxy) is 1. The van der Waals surface area contributed by atoms with Crippen LogP contribution in [0.4, 0.5) is 0 Å². The van der Waals surface area contributed by atoms with Crippen molar-refractivity contribution in [3.8, 4) is 28.3 Å². The molecular weight excluding hydrogens is 398 g/mol. The Balaban J connectivity index is 1.62. The van der Waals surface area contributed by atoms with Gasteiger partial charge < -0.3 is 9.15 Å². The molecule has 2 aliphatic rings. The molecule has 1 unspecified atom stereocenters. The average molecular weight is 428 g/mol. The minimum absolute atomic E-state index is 0.0614. The first-order valence-corrected chi connectivity index (χ1v) is 11.7. The Bertz CT molecular complexity index is 1170. The maximum Gasteiger partial charge on any atom is 0.225 e. The van der Waals surface area contributed by atoms with Gasteiger partial charge in [0.15, 0.2) is 6.61 Å². The van der Waals surface area contributed by atoms with Gasteiger partial charge in [-0.15, -0.1) is 0 Å². The Kier molecular flexibility index (Phi) is 5.69. The van der Waals surface area contributed by atoms with Gasteiger partial charge in [-0.05, 0) is 79.3 Å². The lowest BCUT2D eigenvalue weighted by Gasteiger charge is -2.20. The van der Waals surface area contributed by atoms with Gasteiger partial charge in [-0.25, -0.2) is 4.98 Å². The number of carbonyl (C=O) groups excluding carboxylic acids is 1. The van der Waals surface area contributed by atoms with E-state index in [0.717, 1.165) is 61.0 Å². The number of Topliss-reactive ketones (excluding diaryl/α,β-unsaturated/α-hetero) is 1. The molecule has 1 aromatic heterocycles. The summed E-state index contributed by atoms with van der Waals surface area (Å²) in [7, 11) is 0. The minimum atomic E-state index is 0.0614. The van der Waals surface area contributed by atoms with Crippen molar-refractivity contribution >= 4 is 5.78 Å². The van der Waals surface area contributed by atoms with Crippen molar-refractivity contribution in [3.05, 3.63) is 71.1 Å². The SMILES string of the molecule is CCC=C(CC)CCC1CCc2ccc3c(c2-c2cc(-c4ncco4)ccc21)OCC3=O. The van der Waals surface area contributed by atoms with Crippen LogP contribution in [0, 0.1) is 0 Å². The van der Waals surface area contributed by atoms with E-state index in [-0.39, 0.29) is 12.4 Å². The zero-order valence-electron chi connectivity index (χ0n) is 18.8. The minimum Gasteiger partial charge on any atom is -0.484 e. The van der Waals surface area contributed by atoms with E-state index in [9.17, 15) is 4.79 Å². The molecule has 0 bridgehead atoms. The highest BCUT2D eigenvalue weighted by Crippen LogP contribution is 2.48. The fourth-order valence-electron chi connectivity index (χ4n) is 5.20. The number of carbonyl (C=O) groups is 1. The lowest BCUT2D eigenvalue weighted by atomic mass is 9.85. The summed E-state index contributed by atoms with van der Waals surface area (Å²) in [6, 6.07) is 10.6. The highest BCUT2D eigenvalue weighted by atomic mass is 16.5. The van der Waals surface area contributed by atoms with Gasteiger partial charge in [0.2, 0.25) is 11.7 Å². The molecule has 0 radical (unpaired) electrons. The molecule has 0 spiro atoms. The van der Waals surface area contributed by atoms with Crippen LogP contribution in [0.25, 0.3) is 22.6 Å². The second-order valence-corrected chi connectivity index (χ2v) is 8.73. The summed E-state index contributed by atoms with van der Waals surface area (Å²) >= 11 is 0. The van der Waals surface area contributed by atoms with Crippen LogP contribution in [0.3, 0.4) is 0 Å². The summed E-state index contributed by atoms with van der Waals surface area (Å²) < 4.78 is 11.5. The number of rotatable bonds is 6. The van der Waals surface area contributed by atoms with E-state index in [1.807, 2.05) is 6.07 Å². The first-order valence-electron chi connectivity index (χ1n) is 11.7. The standard InChI is InChI=1S/C28H29NO3/c1-3-5-18(4-2)6-7-19-8-9-20-10-13-23-25(30)17-32-27(23)26(20)24-16-21(11-12-22(19)24)28-29-14-15-31-28/h5,10-16,19H,3-4,6-9,17H2,1-2H3. The number of benzene rings is 2. The van der Waals surface area contributed by atoms with E-state index in [1.165, 1.54) is 11.1 Å². The highest BCUT2D eigenvalue weighted by molar-refractivity contribution is 6.05. The first-order chi connectivity index (χ1) is 15.7. The van der Waals surface area contributed by atoms with Crippen LogP contribution in [-0.4, -0.2) is 17.4 Å². The summed E-state index contributed by atoms with van der Waals surface area (Å²) in [5.74, 6) is 1.87. The van der Waals surface area contributed by atoms with Gasteiger partial charge in [-0.2, -0.15) is 0 Å². The topological polar surface area (TPSA) is 52.3 Å². The number of hydrogen-bond acceptors (Lipinski definition) is 4. The number of hydrogen-bond donors (Lipinski definition) is 0. The molecule has 4 heteroatoms. The van der Waals surface area contributed by atoms with Crippen molar-refractivity contribution in [2.45, 2.75) is 58.3 Å². The Hall–Kier alpha value is -3.14. The molecule has 1 atom stereocenters. The van der Waals surface area contributed by atoms with Crippen LogP contribution in [0.5, 0.6) is 5.75 Å². The zero-order chi connectivity index (χ0) is 22.1. The Labute approximate surface area is 189 Å². The zero-order valence-corrected chi connectivity index (χ0v) is 18.8. The fraction of sp³-hybridized carbons (Fsp3) is 0.357. The molecule has 1 aliphatic heterocycles. The molecule has 5 rings (SSSR count). The molecule has 3 aromatic rings. The maximum atomic E-state index is 12.4. The van der Waals surface area contributed by atoms with Crippen LogP contribution < -0.4 is 4.74 Å². The van der Waals surface area contributed by atoms with Gasteiger partial charge in [0.1, 0.15) is 12.0 Å². The third-order valence-electron chi connectivity index (χ3n) is 6.86. The van der Waals surface area contributed by atoms with Crippen LogP contribution in [0.1, 0.15) is 73.4 Å². The molecule has 0 saturated heterocycles. The molecule has 4 nitrogen and oxygen atoms in total. The van der Waals surface area contributed by atoms with Gasteiger partial charge in [-0.1, -0.05) is 37.6 Å². The van der Waals surface area contributed by atoms with Crippen LogP contribution in [0.15, 0.2) is 58.9 Å².